The van der Waals surface area contributed by atoms with E-state index >= 15 is 0 Å². The van der Waals surface area contributed by atoms with Gasteiger partial charge in [-0.25, -0.2) is 9.18 Å². The van der Waals surface area contributed by atoms with Gasteiger partial charge in [-0.1, -0.05) is 24.3 Å². The Morgan fingerprint density at radius 1 is 1.07 bits per heavy atom. The molecule has 1 aliphatic heterocycles. The first-order valence-corrected chi connectivity index (χ1v) is 9.67. The molecule has 2 amide bonds. The lowest BCUT2D eigenvalue weighted by Crippen LogP contribution is -2.27. The van der Waals surface area contributed by atoms with Gasteiger partial charge in [0.1, 0.15) is 11.6 Å². The lowest BCUT2D eigenvalue weighted by Gasteiger charge is -2.12. The minimum atomic E-state index is -0.616. The molecule has 0 N–H and O–H groups in total. The maximum Gasteiger partial charge on any atom is 0.379 e. The van der Waals surface area contributed by atoms with E-state index < -0.39 is 11.9 Å². The van der Waals surface area contributed by atoms with E-state index in [0.29, 0.717) is 16.9 Å². The van der Waals surface area contributed by atoms with Crippen LogP contribution in [-0.2, 0) is 11.3 Å². The van der Waals surface area contributed by atoms with Crippen molar-refractivity contribution in [3.05, 3.63) is 94.5 Å². The smallest absolute Gasteiger partial charge is 0.379 e. The molecule has 0 atom stereocenters. The molecule has 1 aromatic heterocycles. The summed E-state index contributed by atoms with van der Waals surface area (Å²) in [5.74, 6) is -1.00. The third-order valence-corrected chi connectivity index (χ3v) is 5.15. The van der Waals surface area contributed by atoms with Crippen LogP contribution in [0.1, 0.15) is 21.7 Å². The number of nitrogens with zero attached hydrogens (tertiary/aromatic N) is 1. The quantitative estimate of drug-likeness (QED) is 0.331. The molecule has 150 valence electrons. The second-order valence-electron chi connectivity index (χ2n) is 6.33. The third kappa shape index (κ3) is 4.33. The minimum Gasteiger partial charge on any atom is -0.457 e. The lowest BCUT2D eigenvalue weighted by atomic mass is 10.2. The summed E-state index contributed by atoms with van der Waals surface area (Å²) in [6.07, 6.45) is 2.97. The van der Waals surface area contributed by atoms with E-state index in [1.807, 2.05) is 0 Å². The first-order valence-electron chi connectivity index (χ1n) is 8.85. The van der Waals surface area contributed by atoms with Gasteiger partial charge in [-0.3, -0.25) is 14.5 Å². The summed E-state index contributed by atoms with van der Waals surface area (Å²) in [5.41, 5.74) is 1.32. The van der Waals surface area contributed by atoms with Gasteiger partial charge in [0.05, 0.1) is 17.7 Å². The summed E-state index contributed by atoms with van der Waals surface area (Å²) in [7, 11) is 0. The number of amides is 2. The Balaban J connectivity index is 1.44. The Labute approximate surface area is 174 Å². The van der Waals surface area contributed by atoms with Crippen LogP contribution < -0.4 is 4.74 Å². The zero-order valence-corrected chi connectivity index (χ0v) is 16.2. The van der Waals surface area contributed by atoms with Crippen LogP contribution in [0.4, 0.5) is 9.18 Å². The molecule has 1 aliphatic rings. The van der Waals surface area contributed by atoms with E-state index in [0.717, 1.165) is 16.7 Å². The van der Waals surface area contributed by atoms with Crippen molar-refractivity contribution in [3.63, 3.8) is 0 Å². The standard InChI is InChI=1S/C22H14FNO5S/c23-16-7-3-15(4-8-16)13-24-20(25)19(30-22(24)27)12-14-5-9-17(10-6-14)29-21(26)18-2-1-11-28-18/h1-12H,13H2/b19-12-. The van der Waals surface area contributed by atoms with Crippen molar-refractivity contribution < 1.29 is 27.9 Å². The van der Waals surface area contributed by atoms with E-state index in [1.54, 1.807) is 36.4 Å². The van der Waals surface area contributed by atoms with Crippen molar-refractivity contribution in [2.45, 2.75) is 6.54 Å². The average Bonchev–Trinajstić information content (AvgIpc) is 3.36. The summed E-state index contributed by atoms with van der Waals surface area (Å²) in [4.78, 5) is 38.1. The van der Waals surface area contributed by atoms with Crippen molar-refractivity contribution in [2.75, 3.05) is 0 Å². The number of hydrogen-bond donors (Lipinski definition) is 0. The molecule has 6 nitrogen and oxygen atoms in total. The number of benzene rings is 2. The third-order valence-electron chi connectivity index (χ3n) is 4.24. The number of thioether (sulfide) groups is 1. The number of hydrogen-bond acceptors (Lipinski definition) is 6. The molecule has 0 spiro atoms. The van der Waals surface area contributed by atoms with Gasteiger partial charge < -0.3 is 9.15 Å². The van der Waals surface area contributed by atoms with Gasteiger partial charge in [-0.05, 0) is 65.4 Å². The number of rotatable bonds is 5. The van der Waals surface area contributed by atoms with E-state index in [-0.39, 0.29) is 28.3 Å². The zero-order chi connectivity index (χ0) is 21.1. The molecule has 2 aromatic carbocycles. The number of carbonyl (C=O) groups is 3. The molecule has 2 heterocycles. The van der Waals surface area contributed by atoms with Gasteiger partial charge >= 0.3 is 5.97 Å². The summed E-state index contributed by atoms with van der Waals surface area (Å²) in [5, 5.41) is -0.389. The first kappa shape index (κ1) is 19.7. The Morgan fingerprint density at radius 2 is 1.80 bits per heavy atom. The van der Waals surface area contributed by atoms with Crippen molar-refractivity contribution in [1.82, 2.24) is 4.90 Å². The largest absolute Gasteiger partial charge is 0.457 e. The molecule has 8 heteroatoms. The zero-order valence-electron chi connectivity index (χ0n) is 15.4. The number of ether oxygens (including phenoxy) is 1. The van der Waals surface area contributed by atoms with Crippen LogP contribution in [0, 0.1) is 5.82 Å². The number of halogens is 1. The molecule has 1 fully saturated rings. The van der Waals surface area contributed by atoms with E-state index in [2.05, 4.69) is 0 Å². The van der Waals surface area contributed by atoms with Crippen LogP contribution in [-0.4, -0.2) is 22.0 Å². The fourth-order valence-electron chi connectivity index (χ4n) is 2.74. The van der Waals surface area contributed by atoms with E-state index in [4.69, 9.17) is 9.15 Å². The molecule has 0 saturated carbocycles. The Hall–Kier alpha value is -3.65. The molecule has 0 bridgehead atoms. The molecular formula is C22H14FNO5S. The number of esters is 1. The highest BCUT2D eigenvalue weighted by Crippen LogP contribution is 2.33. The summed E-state index contributed by atoms with van der Waals surface area (Å²) in [6.45, 7) is 0.0734. The van der Waals surface area contributed by atoms with Crippen molar-refractivity contribution in [2.24, 2.45) is 0 Å². The van der Waals surface area contributed by atoms with Crippen LogP contribution in [0.2, 0.25) is 0 Å². The highest BCUT2D eigenvalue weighted by molar-refractivity contribution is 8.18. The molecule has 30 heavy (non-hydrogen) atoms. The molecule has 0 radical (unpaired) electrons. The van der Waals surface area contributed by atoms with Gasteiger partial charge in [0.15, 0.2) is 0 Å². The van der Waals surface area contributed by atoms with Crippen LogP contribution in [0.25, 0.3) is 6.08 Å². The fourth-order valence-corrected chi connectivity index (χ4v) is 3.58. The van der Waals surface area contributed by atoms with Crippen molar-refractivity contribution in [1.29, 1.82) is 0 Å². The molecule has 4 rings (SSSR count). The minimum absolute atomic E-state index is 0.0734. The maximum atomic E-state index is 13.0. The van der Waals surface area contributed by atoms with Gasteiger partial charge in [0, 0.05) is 0 Å². The highest BCUT2D eigenvalue weighted by atomic mass is 32.2. The second-order valence-corrected chi connectivity index (χ2v) is 7.32. The van der Waals surface area contributed by atoms with Crippen LogP contribution >= 0.6 is 11.8 Å². The van der Waals surface area contributed by atoms with Gasteiger partial charge in [0.25, 0.3) is 11.1 Å². The number of imide groups is 1. The Bertz CT molecular complexity index is 1120. The summed E-state index contributed by atoms with van der Waals surface area (Å²) in [6, 6.07) is 15.2. The fraction of sp³-hybridized carbons (Fsp3) is 0.0455. The van der Waals surface area contributed by atoms with Crippen LogP contribution in [0.15, 0.2) is 76.2 Å². The van der Waals surface area contributed by atoms with Gasteiger partial charge in [-0.2, -0.15) is 0 Å². The Kier molecular flexibility index (Phi) is 5.49. The van der Waals surface area contributed by atoms with E-state index in [9.17, 15) is 18.8 Å². The molecule has 1 saturated heterocycles. The van der Waals surface area contributed by atoms with E-state index in [1.165, 1.54) is 36.6 Å². The molecular weight excluding hydrogens is 409 g/mol. The summed E-state index contributed by atoms with van der Waals surface area (Å²) >= 11 is 0.839. The highest BCUT2D eigenvalue weighted by Gasteiger charge is 2.34. The van der Waals surface area contributed by atoms with Crippen LogP contribution in [0.3, 0.4) is 0 Å². The molecule has 0 unspecified atom stereocenters. The normalized spacial score (nSPS) is 15.1. The number of furan rings is 1. The van der Waals surface area contributed by atoms with Gasteiger partial charge in [0.2, 0.25) is 5.76 Å². The van der Waals surface area contributed by atoms with Crippen molar-refractivity contribution >= 4 is 35.0 Å². The second kappa shape index (κ2) is 8.38. The lowest BCUT2D eigenvalue weighted by molar-refractivity contribution is -0.123. The van der Waals surface area contributed by atoms with Gasteiger partial charge in [-0.15, -0.1) is 0 Å². The maximum absolute atomic E-state index is 13.0. The number of carbonyl (C=O) groups excluding carboxylic acids is 3. The SMILES string of the molecule is O=C(Oc1ccc(/C=C2\SC(=O)N(Cc3ccc(F)cc3)C2=O)cc1)c1ccco1. The van der Waals surface area contributed by atoms with Crippen molar-refractivity contribution in [3.8, 4) is 5.75 Å². The predicted octanol–water partition coefficient (Wildman–Crippen LogP) is 4.87. The monoisotopic (exact) mass is 423 g/mol. The van der Waals surface area contributed by atoms with Crippen LogP contribution in [0.5, 0.6) is 5.75 Å². The average molecular weight is 423 g/mol. The molecule has 3 aromatic rings. The predicted molar refractivity (Wildman–Crippen MR) is 108 cm³/mol. The summed E-state index contributed by atoms with van der Waals surface area (Å²) < 4.78 is 23.2. The Morgan fingerprint density at radius 3 is 2.47 bits per heavy atom. The topological polar surface area (TPSA) is 76.8 Å². The molecule has 0 aliphatic carbocycles. The first-order chi connectivity index (χ1) is 14.5.